The van der Waals surface area contributed by atoms with E-state index in [-0.39, 0.29) is 5.69 Å². The molecule has 1 fully saturated rings. The molecule has 0 amide bonds. The Hall–Kier alpha value is -4.08. The first-order valence-corrected chi connectivity index (χ1v) is 10.5. The Morgan fingerprint density at radius 1 is 0.906 bits per heavy atom. The van der Waals surface area contributed by atoms with Crippen LogP contribution in [0.15, 0.2) is 59.7 Å². The van der Waals surface area contributed by atoms with Gasteiger partial charge in [-0.15, -0.1) is 0 Å². The number of hydrogen-bond donors (Lipinski definition) is 2. The largest absolute Gasteiger partial charge is 0.341 e. The summed E-state index contributed by atoms with van der Waals surface area (Å²) in [7, 11) is 0. The molecule has 0 atom stereocenters. The van der Waals surface area contributed by atoms with Crippen molar-refractivity contribution in [2.75, 3.05) is 28.7 Å². The third-order valence-electron chi connectivity index (χ3n) is 5.02. The van der Waals surface area contributed by atoms with Gasteiger partial charge in [0.1, 0.15) is 0 Å². The van der Waals surface area contributed by atoms with E-state index in [1.54, 1.807) is 18.3 Å². The summed E-state index contributed by atoms with van der Waals surface area (Å²) in [6.07, 6.45) is 6.26. The van der Waals surface area contributed by atoms with E-state index >= 15 is 0 Å². The molecule has 32 heavy (non-hydrogen) atoms. The average molecular weight is 432 g/mol. The molecule has 0 unspecified atom stereocenters. The van der Waals surface area contributed by atoms with Crippen molar-refractivity contribution >= 4 is 35.4 Å². The first-order valence-electron chi connectivity index (χ1n) is 10.5. The highest BCUT2D eigenvalue weighted by Gasteiger charge is 2.16. The molecule has 0 spiro atoms. The second-order valence-electron chi connectivity index (χ2n) is 7.39. The summed E-state index contributed by atoms with van der Waals surface area (Å²) in [5, 5.41) is 18.2. The van der Waals surface area contributed by atoms with Crippen molar-refractivity contribution in [3.05, 3.63) is 70.3 Å². The van der Waals surface area contributed by atoms with E-state index in [2.05, 4.69) is 35.7 Å². The van der Waals surface area contributed by atoms with Gasteiger partial charge in [-0.2, -0.15) is 20.1 Å². The third kappa shape index (κ3) is 5.75. The summed E-state index contributed by atoms with van der Waals surface area (Å²) in [4.78, 5) is 26.2. The van der Waals surface area contributed by atoms with Gasteiger partial charge < -0.3 is 10.2 Å². The zero-order chi connectivity index (χ0) is 22.2. The quantitative estimate of drug-likeness (QED) is 0.321. The molecule has 2 N–H and O–H groups in total. The Morgan fingerprint density at radius 3 is 2.28 bits per heavy atom. The Labute approximate surface area is 185 Å². The lowest BCUT2D eigenvalue weighted by atomic mass is 10.2. The van der Waals surface area contributed by atoms with Gasteiger partial charge in [-0.3, -0.25) is 10.1 Å². The minimum atomic E-state index is -0.434. The highest BCUT2D eigenvalue weighted by atomic mass is 16.6. The Morgan fingerprint density at radius 2 is 1.59 bits per heavy atom. The molecule has 4 rings (SSSR count). The van der Waals surface area contributed by atoms with Gasteiger partial charge in [-0.25, -0.2) is 5.43 Å². The molecule has 0 aliphatic carbocycles. The number of rotatable bonds is 7. The Bertz CT molecular complexity index is 1070. The fourth-order valence-electron chi connectivity index (χ4n) is 3.38. The van der Waals surface area contributed by atoms with Crippen LogP contribution in [-0.4, -0.2) is 39.2 Å². The monoisotopic (exact) mass is 432 g/mol. The van der Waals surface area contributed by atoms with E-state index in [4.69, 9.17) is 0 Å². The lowest BCUT2D eigenvalue weighted by Gasteiger charge is -2.21. The van der Waals surface area contributed by atoms with E-state index < -0.39 is 4.92 Å². The third-order valence-corrected chi connectivity index (χ3v) is 5.02. The van der Waals surface area contributed by atoms with Crippen molar-refractivity contribution in [2.24, 2.45) is 5.10 Å². The number of nitrogens with zero attached hydrogens (tertiary/aromatic N) is 6. The summed E-state index contributed by atoms with van der Waals surface area (Å²) in [5.41, 5.74) is 4.50. The van der Waals surface area contributed by atoms with Crippen LogP contribution in [0.1, 0.15) is 31.2 Å². The SMILES string of the molecule is O=[N+]([O-])c1ccc(Nc2nc(NN=Cc3ccccc3)nc(N3CCCCCC3)n2)cc1. The first-order chi connectivity index (χ1) is 15.7. The van der Waals surface area contributed by atoms with Gasteiger partial charge in [0.15, 0.2) is 0 Å². The number of anilines is 4. The molecule has 164 valence electrons. The fourth-order valence-corrected chi connectivity index (χ4v) is 3.38. The van der Waals surface area contributed by atoms with Gasteiger partial charge in [0.2, 0.25) is 17.8 Å². The number of hydrazone groups is 1. The number of nitrogens with one attached hydrogen (secondary N) is 2. The number of nitro groups is 1. The number of nitro benzene ring substituents is 1. The summed E-state index contributed by atoms with van der Waals surface area (Å²) >= 11 is 0. The van der Waals surface area contributed by atoms with E-state index in [9.17, 15) is 10.1 Å². The van der Waals surface area contributed by atoms with Crippen LogP contribution in [0.3, 0.4) is 0 Å². The number of hydrogen-bond acceptors (Lipinski definition) is 9. The van der Waals surface area contributed by atoms with E-state index in [1.165, 1.54) is 25.0 Å². The van der Waals surface area contributed by atoms with Crippen molar-refractivity contribution < 1.29 is 4.92 Å². The zero-order valence-corrected chi connectivity index (χ0v) is 17.5. The van der Waals surface area contributed by atoms with Gasteiger partial charge >= 0.3 is 0 Å². The van der Waals surface area contributed by atoms with E-state index in [0.717, 1.165) is 31.5 Å². The van der Waals surface area contributed by atoms with Gasteiger partial charge in [0.05, 0.1) is 11.1 Å². The van der Waals surface area contributed by atoms with Gasteiger partial charge in [-0.05, 0) is 30.5 Å². The summed E-state index contributed by atoms with van der Waals surface area (Å²) in [5.74, 6) is 1.23. The lowest BCUT2D eigenvalue weighted by molar-refractivity contribution is -0.384. The molecule has 1 aliphatic heterocycles. The maximum atomic E-state index is 10.9. The predicted molar refractivity (Wildman–Crippen MR) is 125 cm³/mol. The first kappa shape index (κ1) is 21.2. The molecule has 0 radical (unpaired) electrons. The molecular formula is C22H24N8O2. The van der Waals surface area contributed by atoms with E-state index in [1.807, 2.05) is 30.3 Å². The van der Waals surface area contributed by atoms with Crippen LogP contribution in [-0.2, 0) is 0 Å². The van der Waals surface area contributed by atoms with Crippen molar-refractivity contribution in [1.82, 2.24) is 15.0 Å². The molecule has 1 aromatic heterocycles. The highest BCUT2D eigenvalue weighted by molar-refractivity contribution is 5.79. The Balaban J connectivity index is 1.57. The van der Waals surface area contributed by atoms with Crippen molar-refractivity contribution in [3.8, 4) is 0 Å². The molecule has 0 bridgehead atoms. The van der Waals surface area contributed by atoms with Crippen LogP contribution >= 0.6 is 0 Å². The minimum absolute atomic E-state index is 0.0223. The average Bonchev–Trinajstić information content (AvgIpc) is 3.10. The van der Waals surface area contributed by atoms with Crippen LogP contribution in [0.25, 0.3) is 0 Å². The van der Waals surface area contributed by atoms with Crippen molar-refractivity contribution in [1.29, 1.82) is 0 Å². The topological polar surface area (TPSA) is 121 Å². The van der Waals surface area contributed by atoms with Crippen LogP contribution in [0.4, 0.5) is 29.2 Å². The lowest BCUT2D eigenvalue weighted by Crippen LogP contribution is -2.26. The van der Waals surface area contributed by atoms with E-state index in [0.29, 0.717) is 23.5 Å². The minimum Gasteiger partial charge on any atom is -0.341 e. The number of benzene rings is 2. The highest BCUT2D eigenvalue weighted by Crippen LogP contribution is 2.22. The molecule has 3 aromatic rings. The van der Waals surface area contributed by atoms with Crippen molar-refractivity contribution in [3.63, 3.8) is 0 Å². The van der Waals surface area contributed by atoms with Gasteiger partial charge in [-0.1, -0.05) is 43.2 Å². The molecule has 1 saturated heterocycles. The summed E-state index contributed by atoms with van der Waals surface area (Å²) < 4.78 is 0. The van der Waals surface area contributed by atoms with Crippen LogP contribution in [0, 0.1) is 10.1 Å². The maximum absolute atomic E-state index is 10.9. The number of non-ortho nitro benzene ring substituents is 1. The molecule has 10 nitrogen and oxygen atoms in total. The second kappa shape index (κ2) is 10.3. The second-order valence-corrected chi connectivity index (χ2v) is 7.39. The normalized spacial score (nSPS) is 14.2. The standard InChI is InChI=1S/C22H24N8O2/c31-30(32)19-12-10-18(11-13-19)24-20-25-21(28-23-16-17-8-4-3-5-9-17)27-22(26-20)29-14-6-1-2-7-15-29/h3-5,8-13,16H,1-2,6-7,14-15H2,(H2,24,25,26,27,28). The molecule has 2 heterocycles. The van der Waals surface area contributed by atoms with Crippen LogP contribution in [0.5, 0.6) is 0 Å². The molecule has 10 heteroatoms. The zero-order valence-electron chi connectivity index (χ0n) is 17.5. The molecule has 2 aromatic carbocycles. The van der Waals surface area contributed by atoms with Gasteiger partial charge in [0, 0.05) is 30.9 Å². The van der Waals surface area contributed by atoms with Gasteiger partial charge in [0.25, 0.3) is 5.69 Å². The number of aromatic nitrogens is 3. The van der Waals surface area contributed by atoms with Crippen LogP contribution in [0.2, 0.25) is 0 Å². The Kier molecular flexibility index (Phi) is 6.81. The fraction of sp³-hybridized carbons (Fsp3) is 0.273. The summed E-state index contributed by atoms with van der Waals surface area (Å²) in [6, 6.07) is 15.8. The summed E-state index contributed by atoms with van der Waals surface area (Å²) in [6.45, 7) is 1.77. The van der Waals surface area contributed by atoms with Crippen molar-refractivity contribution in [2.45, 2.75) is 25.7 Å². The predicted octanol–water partition coefficient (Wildman–Crippen LogP) is 4.35. The van der Waals surface area contributed by atoms with Crippen LogP contribution < -0.4 is 15.6 Å². The molecule has 1 aliphatic rings. The molecule has 0 saturated carbocycles. The smallest absolute Gasteiger partial charge is 0.269 e. The molecular weight excluding hydrogens is 408 g/mol. The maximum Gasteiger partial charge on any atom is 0.269 e.